The molecule has 1 rings (SSSR count). The van der Waals surface area contributed by atoms with Crippen molar-refractivity contribution >= 4 is 17.7 Å². The highest BCUT2D eigenvalue weighted by molar-refractivity contribution is 5.92. The maximum atomic E-state index is 12.6. The minimum atomic E-state index is -1.10. The predicted octanol–water partition coefficient (Wildman–Crippen LogP) is 2.06. The van der Waals surface area contributed by atoms with Crippen LogP contribution in [0, 0.1) is 11.7 Å². The van der Waals surface area contributed by atoms with Crippen molar-refractivity contribution < 1.29 is 19.1 Å². The monoisotopic (exact) mass is 254 g/mol. The van der Waals surface area contributed by atoms with Gasteiger partial charge < -0.3 is 15.7 Å². The summed E-state index contributed by atoms with van der Waals surface area (Å²) in [4.78, 5) is 22.4. The van der Waals surface area contributed by atoms with Crippen molar-refractivity contribution in [1.29, 1.82) is 0 Å². The van der Waals surface area contributed by atoms with Crippen molar-refractivity contribution in [3.63, 3.8) is 0 Å². The Balaban J connectivity index is 2.60. The number of benzene rings is 1. The Hall–Kier alpha value is -2.11. The molecule has 0 saturated carbocycles. The molecule has 0 aliphatic heterocycles. The third-order valence-corrected chi connectivity index (χ3v) is 2.32. The van der Waals surface area contributed by atoms with Crippen molar-refractivity contribution in [2.75, 3.05) is 5.32 Å². The van der Waals surface area contributed by atoms with Crippen molar-refractivity contribution in [1.82, 2.24) is 5.32 Å². The van der Waals surface area contributed by atoms with Crippen LogP contribution in [0.5, 0.6) is 0 Å². The Morgan fingerprint density at radius 1 is 1.22 bits per heavy atom. The van der Waals surface area contributed by atoms with Crippen molar-refractivity contribution in [2.45, 2.75) is 19.9 Å². The van der Waals surface area contributed by atoms with Crippen LogP contribution in [0.15, 0.2) is 24.3 Å². The van der Waals surface area contributed by atoms with Gasteiger partial charge in [0.05, 0.1) is 0 Å². The van der Waals surface area contributed by atoms with Gasteiger partial charge in [-0.05, 0) is 30.2 Å². The summed E-state index contributed by atoms with van der Waals surface area (Å²) in [5, 5.41) is 13.7. The van der Waals surface area contributed by atoms with Crippen LogP contribution in [-0.2, 0) is 4.79 Å². The van der Waals surface area contributed by atoms with E-state index < -0.39 is 23.9 Å². The van der Waals surface area contributed by atoms with Gasteiger partial charge in [0.25, 0.3) is 0 Å². The highest BCUT2D eigenvalue weighted by atomic mass is 19.1. The average Bonchev–Trinajstić information content (AvgIpc) is 2.28. The smallest absolute Gasteiger partial charge is 0.326 e. The fourth-order valence-corrected chi connectivity index (χ4v) is 1.36. The molecule has 0 bridgehead atoms. The second-order valence-corrected chi connectivity index (χ2v) is 4.17. The number of hydrogen-bond donors (Lipinski definition) is 3. The summed E-state index contributed by atoms with van der Waals surface area (Å²) in [6.45, 7) is 3.38. The third-order valence-electron chi connectivity index (χ3n) is 2.32. The van der Waals surface area contributed by atoms with Crippen LogP contribution in [-0.4, -0.2) is 23.1 Å². The Morgan fingerprint density at radius 2 is 1.78 bits per heavy atom. The first-order valence-corrected chi connectivity index (χ1v) is 5.46. The van der Waals surface area contributed by atoms with Crippen LogP contribution in [0.4, 0.5) is 14.9 Å². The van der Waals surface area contributed by atoms with Gasteiger partial charge in [-0.2, -0.15) is 0 Å². The van der Waals surface area contributed by atoms with E-state index in [-0.39, 0.29) is 5.92 Å². The van der Waals surface area contributed by atoms with Gasteiger partial charge in [0.2, 0.25) is 0 Å². The zero-order chi connectivity index (χ0) is 13.7. The molecular formula is C12H15FN2O3. The first-order chi connectivity index (χ1) is 8.40. The second kappa shape index (κ2) is 6.00. The molecule has 0 fully saturated rings. The number of anilines is 1. The highest BCUT2D eigenvalue weighted by Crippen LogP contribution is 2.08. The minimum Gasteiger partial charge on any atom is -0.480 e. The quantitative estimate of drug-likeness (QED) is 0.769. The maximum Gasteiger partial charge on any atom is 0.326 e. The number of urea groups is 1. The van der Waals surface area contributed by atoms with Crippen LogP contribution in [0.2, 0.25) is 0 Å². The largest absolute Gasteiger partial charge is 0.480 e. The van der Waals surface area contributed by atoms with Gasteiger partial charge in [0, 0.05) is 5.69 Å². The number of hydrogen-bond acceptors (Lipinski definition) is 2. The average molecular weight is 254 g/mol. The lowest BCUT2D eigenvalue weighted by atomic mass is 10.1. The molecule has 18 heavy (non-hydrogen) atoms. The summed E-state index contributed by atoms with van der Waals surface area (Å²) in [5.41, 5.74) is 0.391. The van der Waals surface area contributed by atoms with Gasteiger partial charge in [0.1, 0.15) is 11.9 Å². The molecule has 3 N–H and O–H groups in total. The summed E-state index contributed by atoms with van der Waals surface area (Å²) in [6, 6.07) is 3.58. The Bertz CT molecular complexity index is 431. The van der Waals surface area contributed by atoms with E-state index in [0.717, 1.165) is 0 Å². The molecular weight excluding hydrogens is 239 g/mol. The second-order valence-electron chi connectivity index (χ2n) is 4.17. The topological polar surface area (TPSA) is 78.4 Å². The molecule has 1 atom stereocenters. The van der Waals surface area contributed by atoms with E-state index in [9.17, 15) is 14.0 Å². The van der Waals surface area contributed by atoms with Crippen LogP contribution in [0.3, 0.4) is 0 Å². The number of carboxylic acids is 1. The van der Waals surface area contributed by atoms with Gasteiger partial charge in [-0.25, -0.2) is 14.0 Å². The number of rotatable bonds is 4. The van der Waals surface area contributed by atoms with Crippen molar-refractivity contribution in [3.8, 4) is 0 Å². The Labute approximate surface area is 104 Å². The summed E-state index contributed by atoms with van der Waals surface area (Å²) >= 11 is 0. The summed E-state index contributed by atoms with van der Waals surface area (Å²) in [6.07, 6.45) is 0. The lowest BCUT2D eigenvalue weighted by molar-refractivity contribution is -0.140. The number of carbonyl (C=O) groups excluding carboxylic acids is 1. The molecule has 0 aliphatic rings. The number of carbonyl (C=O) groups is 2. The van der Waals surface area contributed by atoms with Gasteiger partial charge in [-0.1, -0.05) is 13.8 Å². The fraction of sp³-hybridized carbons (Fsp3) is 0.333. The molecule has 1 aromatic carbocycles. The minimum absolute atomic E-state index is 0.235. The lowest BCUT2D eigenvalue weighted by Gasteiger charge is -2.18. The zero-order valence-electron chi connectivity index (χ0n) is 10.1. The first-order valence-electron chi connectivity index (χ1n) is 5.46. The molecule has 2 amide bonds. The number of halogens is 1. The van der Waals surface area contributed by atoms with E-state index >= 15 is 0 Å². The Kier molecular flexibility index (Phi) is 4.65. The maximum absolute atomic E-state index is 12.6. The molecule has 0 saturated heterocycles. The van der Waals surface area contributed by atoms with Crippen LogP contribution < -0.4 is 10.6 Å². The number of aliphatic carboxylic acids is 1. The van der Waals surface area contributed by atoms with E-state index in [1.807, 2.05) is 0 Å². The Morgan fingerprint density at radius 3 is 2.22 bits per heavy atom. The van der Waals surface area contributed by atoms with E-state index in [4.69, 9.17) is 5.11 Å². The van der Waals surface area contributed by atoms with Gasteiger partial charge in [-0.3, -0.25) is 0 Å². The molecule has 98 valence electrons. The molecule has 0 radical (unpaired) electrons. The number of carboxylic acid groups (broad SMARTS) is 1. The molecule has 0 aliphatic carbocycles. The number of nitrogens with one attached hydrogen (secondary N) is 2. The molecule has 0 aromatic heterocycles. The van der Waals surface area contributed by atoms with E-state index in [0.29, 0.717) is 5.69 Å². The van der Waals surface area contributed by atoms with Crippen molar-refractivity contribution in [3.05, 3.63) is 30.1 Å². The first kappa shape index (κ1) is 14.0. The lowest BCUT2D eigenvalue weighted by Crippen LogP contribution is -2.46. The van der Waals surface area contributed by atoms with Crippen LogP contribution >= 0.6 is 0 Å². The van der Waals surface area contributed by atoms with Crippen LogP contribution in [0.25, 0.3) is 0 Å². The van der Waals surface area contributed by atoms with Crippen molar-refractivity contribution in [2.24, 2.45) is 5.92 Å². The molecule has 0 spiro atoms. The molecule has 0 unspecified atom stereocenters. The number of amides is 2. The van der Waals surface area contributed by atoms with Crippen LogP contribution in [0.1, 0.15) is 13.8 Å². The SMILES string of the molecule is CC(C)[C@@H](NC(=O)Nc1ccc(F)cc1)C(=O)O. The summed E-state index contributed by atoms with van der Waals surface area (Å²) < 4.78 is 12.6. The zero-order valence-corrected chi connectivity index (χ0v) is 10.1. The molecule has 1 aromatic rings. The highest BCUT2D eigenvalue weighted by Gasteiger charge is 2.23. The fourth-order valence-electron chi connectivity index (χ4n) is 1.36. The molecule has 5 nitrogen and oxygen atoms in total. The summed E-state index contributed by atoms with van der Waals surface area (Å²) in [7, 11) is 0. The van der Waals surface area contributed by atoms with Gasteiger partial charge in [0.15, 0.2) is 0 Å². The van der Waals surface area contributed by atoms with Gasteiger partial charge in [-0.15, -0.1) is 0 Å². The van der Waals surface area contributed by atoms with Gasteiger partial charge >= 0.3 is 12.0 Å². The van der Waals surface area contributed by atoms with E-state index in [1.54, 1.807) is 13.8 Å². The predicted molar refractivity (Wildman–Crippen MR) is 64.8 cm³/mol. The van der Waals surface area contributed by atoms with E-state index in [2.05, 4.69) is 10.6 Å². The molecule has 6 heteroatoms. The summed E-state index contributed by atoms with van der Waals surface area (Å²) in [5.74, 6) is -1.74. The van der Waals surface area contributed by atoms with E-state index in [1.165, 1.54) is 24.3 Å². The molecule has 0 heterocycles. The third kappa shape index (κ3) is 4.04. The normalized spacial score (nSPS) is 12.0. The standard InChI is InChI=1S/C12H15FN2O3/c1-7(2)10(11(16)17)15-12(18)14-9-5-3-8(13)4-6-9/h3-7,10H,1-2H3,(H,16,17)(H2,14,15,18)/t10-/m1/s1.